The minimum Gasteiger partial charge on any atom is -0.338 e. The SMILES string of the molecule is CCN(Cc1ccccc1C)C(=O)C1CCC1. The van der Waals surface area contributed by atoms with Crippen LogP contribution >= 0.6 is 0 Å². The lowest BCUT2D eigenvalue weighted by atomic mass is 9.84. The van der Waals surface area contributed by atoms with E-state index in [1.165, 1.54) is 17.5 Å². The third kappa shape index (κ3) is 2.68. The predicted octanol–water partition coefficient (Wildman–Crippen LogP) is 3.14. The number of nitrogens with zero attached hydrogens (tertiary/aromatic N) is 1. The Balaban J connectivity index is 2.04. The average molecular weight is 231 g/mol. The van der Waals surface area contributed by atoms with Crippen LogP contribution in [-0.2, 0) is 11.3 Å². The first-order chi connectivity index (χ1) is 8.22. The van der Waals surface area contributed by atoms with Gasteiger partial charge in [-0.15, -0.1) is 0 Å². The highest BCUT2D eigenvalue weighted by molar-refractivity contribution is 5.79. The molecule has 92 valence electrons. The molecule has 1 saturated carbocycles. The van der Waals surface area contributed by atoms with Crippen molar-refractivity contribution >= 4 is 5.91 Å². The second kappa shape index (κ2) is 5.35. The molecule has 1 aliphatic carbocycles. The molecule has 0 aliphatic heterocycles. The molecule has 0 atom stereocenters. The lowest BCUT2D eigenvalue weighted by molar-refractivity contribution is -0.138. The Morgan fingerprint density at radius 2 is 2.06 bits per heavy atom. The van der Waals surface area contributed by atoms with Gasteiger partial charge in [-0.25, -0.2) is 0 Å². The standard InChI is InChI=1S/C15H21NO/c1-3-16(15(17)13-9-6-10-13)11-14-8-5-4-7-12(14)2/h4-5,7-8,13H,3,6,9-11H2,1-2H3. The molecule has 0 saturated heterocycles. The highest BCUT2D eigenvalue weighted by Gasteiger charge is 2.28. The predicted molar refractivity (Wildman–Crippen MR) is 69.6 cm³/mol. The number of carbonyl (C=O) groups excluding carboxylic acids is 1. The van der Waals surface area contributed by atoms with E-state index >= 15 is 0 Å². The molecule has 0 unspecified atom stereocenters. The van der Waals surface area contributed by atoms with Crippen LogP contribution in [0, 0.1) is 12.8 Å². The molecule has 17 heavy (non-hydrogen) atoms. The summed E-state index contributed by atoms with van der Waals surface area (Å²) in [7, 11) is 0. The van der Waals surface area contributed by atoms with Gasteiger partial charge in [-0.05, 0) is 37.8 Å². The van der Waals surface area contributed by atoms with Crippen molar-refractivity contribution < 1.29 is 4.79 Å². The molecule has 2 rings (SSSR count). The van der Waals surface area contributed by atoms with Gasteiger partial charge in [0.05, 0.1) is 0 Å². The van der Waals surface area contributed by atoms with Gasteiger partial charge < -0.3 is 4.90 Å². The van der Waals surface area contributed by atoms with Gasteiger partial charge >= 0.3 is 0 Å². The smallest absolute Gasteiger partial charge is 0.225 e. The number of aryl methyl sites for hydroxylation is 1. The molecule has 1 amide bonds. The van der Waals surface area contributed by atoms with Gasteiger partial charge in [-0.3, -0.25) is 4.79 Å². The number of hydrogen-bond donors (Lipinski definition) is 0. The molecule has 0 aromatic heterocycles. The van der Waals surface area contributed by atoms with E-state index in [9.17, 15) is 4.79 Å². The first kappa shape index (κ1) is 12.2. The van der Waals surface area contributed by atoms with Gasteiger partial charge in [0.1, 0.15) is 0 Å². The molecule has 2 nitrogen and oxygen atoms in total. The maximum atomic E-state index is 12.2. The summed E-state index contributed by atoms with van der Waals surface area (Å²) in [6, 6.07) is 8.32. The van der Waals surface area contributed by atoms with Crippen LogP contribution in [0.4, 0.5) is 0 Å². The summed E-state index contributed by atoms with van der Waals surface area (Å²) in [6.07, 6.45) is 3.39. The Bertz CT molecular complexity index is 396. The summed E-state index contributed by atoms with van der Waals surface area (Å²) in [5, 5.41) is 0. The number of rotatable bonds is 4. The summed E-state index contributed by atoms with van der Waals surface area (Å²) in [5.41, 5.74) is 2.54. The van der Waals surface area contributed by atoms with E-state index in [4.69, 9.17) is 0 Å². The van der Waals surface area contributed by atoms with Crippen molar-refractivity contribution in [3.05, 3.63) is 35.4 Å². The zero-order valence-corrected chi connectivity index (χ0v) is 10.8. The van der Waals surface area contributed by atoms with Gasteiger partial charge in [0, 0.05) is 19.0 Å². The normalized spacial score (nSPS) is 15.4. The molecular weight excluding hydrogens is 210 g/mol. The van der Waals surface area contributed by atoms with E-state index in [1.54, 1.807) is 0 Å². The fourth-order valence-electron chi connectivity index (χ4n) is 2.25. The minimum atomic E-state index is 0.305. The second-order valence-electron chi connectivity index (χ2n) is 4.91. The Morgan fingerprint density at radius 1 is 1.35 bits per heavy atom. The van der Waals surface area contributed by atoms with Crippen LogP contribution in [0.2, 0.25) is 0 Å². The van der Waals surface area contributed by atoms with Crippen LogP contribution in [0.15, 0.2) is 24.3 Å². The first-order valence-corrected chi connectivity index (χ1v) is 6.55. The highest BCUT2D eigenvalue weighted by atomic mass is 16.2. The topological polar surface area (TPSA) is 20.3 Å². The quantitative estimate of drug-likeness (QED) is 0.779. The van der Waals surface area contributed by atoms with Crippen molar-refractivity contribution in [1.82, 2.24) is 4.90 Å². The average Bonchev–Trinajstić information content (AvgIpc) is 2.25. The Labute approximate surface area is 104 Å². The molecule has 0 N–H and O–H groups in total. The van der Waals surface area contributed by atoms with E-state index in [2.05, 4.69) is 26.0 Å². The lowest BCUT2D eigenvalue weighted by Gasteiger charge is -2.31. The third-order valence-corrected chi connectivity index (χ3v) is 3.77. The van der Waals surface area contributed by atoms with Crippen LogP contribution in [0.5, 0.6) is 0 Å². The van der Waals surface area contributed by atoms with Crippen LogP contribution in [0.1, 0.15) is 37.3 Å². The van der Waals surface area contributed by atoms with E-state index in [-0.39, 0.29) is 0 Å². The zero-order chi connectivity index (χ0) is 12.3. The monoisotopic (exact) mass is 231 g/mol. The molecule has 1 fully saturated rings. The molecule has 1 aromatic carbocycles. The Morgan fingerprint density at radius 3 is 2.59 bits per heavy atom. The van der Waals surface area contributed by atoms with Crippen LogP contribution in [0.3, 0.4) is 0 Å². The fraction of sp³-hybridized carbons (Fsp3) is 0.533. The molecule has 2 heteroatoms. The molecular formula is C15H21NO. The van der Waals surface area contributed by atoms with Crippen molar-refractivity contribution in [1.29, 1.82) is 0 Å². The Kier molecular flexibility index (Phi) is 3.82. The zero-order valence-electron chi connectivity index (χ0n) is 10.8. The summed E-state index contributed by atoms with van der Waals surface area (Å²) < 4.78 is 0. The molecule has 0 spiro atoms. The van der Waals surface area contributed by atoms with Gasteiger partial charge in [0.15, 0.2) is 0 Å². The van der Waals surface area contributed by atoms with E-state index < -0.39 is 0 Å². The second-order valence-corrected chi connectivity index (χ2v) is 4.91. The van der Waals surface area contributed by atoms with Gasteiger partial charge in [-0.1, -0.05) is 30.7 Å². The largest absolute Gasteiger partial charge is 0.338 e. The molecule has 0 bridgehead atoms. The highest BCUT2D eigenvalue weighted by Crippen LogP contribution is 2.28. The maximum Gasteiger partial charge on any atom is 0.225 e. The fourth-order valence-corrected chi connectivity index (χ4v) is 2.25. The van der Waals surface area contributed by atoms with Crippen molar-refractivity contribution in [3.63, 3.8) is 0 Å². The van der Waals surface area contributed by atoms with Gasteiger partial charge in [0.2, 0.25) is 5.91 Å². The number of benzene rings is 1. The summed E-state index contributed by atoms with van der Waals surface area (Å²) >= 11 is 0. The molecule has 0 heterocycles. The maximum absolute atomic E-state index is 12.2. The van der Waals surface area contributed by atoms with Gasteiger partial charge in [0.25, 0.3) is 0 Å². The summed E-state index contributed by atoms with van der Waals surface area (Å²) in [4.78, 5) is 14.2. The van der Waals surface area contributed by atoms with Crippen LogP contribution in [0.25, 0.3) is 0 Å². The number of hydrogen-bond acceptors (Lipinski definition) is 1. The molecule has 1 aliphatic rings. The molecule has 1 aromatic rings. The molecule has 0 radical (unpaired) electrons. The lowest BCUT2D eigenvalue weighted by Crippen LogP contribution is -2.38. The summed E-state index contributed by atoms with van der Waals surface area (Å²) in [6.45, 7) is 5.74. The minimum absolute atomic E-state index is 0.305. The van der Waals surface area contributed by atoms with Crippen molar-refractivity contribution in [2.75, 3.05) is 6.54 Å². The van der Waals surface area contributed by atoms with Crippen molar-refractivity contribution in [2.45, 2.75) is 39.7 Å². The summed E-state index contributed by atoms with van der Waals surface area (Å²) in [5.74, 6) is 0.654. The van der Waals surface area contributed by atoms with Crippen molar-refractivity contribution in [2.24, 2.45) is 5.92 Å². The van der Waals surface area contributed by atoms with E-state index in [1.807, 2.05) is 17.0 Å². The number of carbonyl (C=O) groups is 1. The van der Waals surface area contributed by atoms with Gasteiger partial charge in [-0.2, -0.15) is 0 Å². The van der Waals surface area contributed by atoms with E-state index in [0.717, 1.165) is 25.9 Å². The first-order valence-electron chi connectivity index (χ1n) is 6.55. The third-order valence-electron chi connectivity index (χ3n) is 3.77. The van der Waals surface area contributed by atoms with E-state index in [0.29, 0.717) is 11.8 Å². The number of amides is 1. The van der Waals surface area contributed by atoms with Crippen LogP contribution < -0.4 is 0 Å². The van der Waals surface area contributed by atoms with Crippen LogP contribution in [-0.4, -0.2) is 17.4 Å². The van der Waals surface area contributed by atoms with Crippen molar-refractivity contribution in [3.8, 4) is 0 Å². The Hall–Kier alpha value is -1.31.